The second kappa shape index (κ2) is 6.69. The van der Waals surface area contributed by atoms with Crippen molar-refractivity contribution >= 4 is 33.9 Å². The van der Waals surface area contributed by atoms with E-state index in [1.807, 2.05) is 6.07 Å². The lowest BCUT2D eigenvalue weighted by Crippen LogP contribution is -2.35. The van der Waals surface area contributed by atoms with Crippen molar-refractivity contribution in [1.82, 2.24) is 15.2 Å². The minimum atomic E-state index is -1.70. The molecule has 3 rings (SSSR count). The summed E-state index contributed by atoms with van der Waals surface area (Å²) in [4.78, 5) is 26.5. The van der Waals surface area contributed by atoms with Crippen LogP contribution in [0.3, 0.4) is 0 Å². The van der Waals surface area contributed by atoms with Gasteiger partial charge in [0.25, 0.3) is 5.89 Å². The topological polar surface area (TPSA) is 130 Å². The molecule has 0 unspecified atom stereocenters. The molecule has 25 heavy (non-hydrogen) atoms. The number of nitrogens with zero attached hydrogens (tertiary/aromatic N) is 4. The predicted octanol–water partition coefficient (Wildman–Crippen LogP) is 3.72. The molecule has 9 nitrogen and oxygen atoms in total. The van der Waals surface area contributed by atoms with Gasteiger partial charge in [-0.2, -0.15) is 4.90 Å². The molecule has 3 aromatic rings. The molecule has 2 N–H and O–H groups in total. The molecule has 0 aliphatic carbocycles. The molecule has 0 spiro atoms. The van der Waals surface area contributed by atoms with Crippen LogP contribution in [0.15, 0.2) is 51.5 Å². The van der Waals surface area contributed by atoms with Gasteiger partial charge in [-0.25, -0.2) is 14.6 Å². The number of halogens is 1. The number of benzene rings is 1. The Morgan fingerprint density at radius 2 is 1.68 bits per heavy atom. The smallest absolute Gasteiger partial charge is 0.422 e. The molecule has 1 aromatic carbocycles. The Hall–Kier alpha value is -3.27. The number of amides is 2. The largest absolute Gasteiger partial charge is 0.464 e. The van der Waals surface area contributed by atoms with E-state index in [-0.39, 0.29) is 28.1 Å². The van der Waals surface area contributed by atoms with E-state index in [9.17, 15) is 9.59 Å². The van der Waals surface area contributed by atoms with Crippen molar-refractivity contribution < 1.29 is 24.2 Å². The zero-order valence-electron chi connectivity index (χ0n) is 12.3. The molecule has 0 radical (unpaired) electrons. The number of aromatic nitrogens is 3. The van der Waals surface area contributed by atoms with Gasteiger partial charge >= 0.3 is 12.2 Å². The molecule has 0 fully saturated rings. The van der Waals surface area contributed by atoms with Crippen LogP contribution in [0.4, 0.5) is 15.4 Å². The van der Waals surface area contributed by atoms with Crippen LogP contribution in [0.1, 0.15) is 0 Å². The zero-order valence-corrected chi connectivity index (χ0v) is 13.9. The number of carboxylic acid groups (broad SMARTS) is 2. The van der Waals surface area contributed by atoms with Crippen LogP contribution in [0, 0.1) is 0 Å². The summed E-state index contributed by atoms with van der Waals surface area (Å²) in [5, 5.41) is 26.1. The quantitative estimate of drug-likeness (QED) is 0.674. The first kappa shape index (κ1) is 16.6. The minimum absolute atomic E-state index is 0.0600. The third kappa shape index (κ3) is 3.33. The number of carbonyl (C=O) groups is 2. The number of pyridine rings is 1. The Bertz CT molecular complexity index is 930. The summed E-state index contributed by atoms with van der Waals surface area (Å²) in [7, 11) is 0. The van der Waals surface area contributed by atoms with Gasteiger partial charge in [0.05, 0.1) is 5.56 Å². The Labute approximate surface area is 148 Å². The third-order valence-electron chi connectivity index (χ3n) is 3.10. The zero-order chi connectivity index (χ0) is 18.0. The lowest BCUT2D eigenvalue weighted by Gasteiger charge is -2.14. The molecular weight excluding hydrogens is 396 g/mol. The van der Waals surface area contributed by atoms with Gasteiger partial charge in [-0.1, -0.05) is 18.2 Å². The van der Waals surface area contributed by atoms with E-state index in [0.29, 0.717) is 10.0 Å². The van der Waals surface area contributed by atoms with Gasteiger partial charge in [0, 0.05) is 16.2 Å². The van der Waals surface area contributed by atoms with Crippen LogP contribution in [0.2, 0.25) is 0 Å². The van der Waals surface area contributed by atoms with Crippen molar-refractivity contribution in [3.8, 4) is 22.9 Å². The SMILES string of the molecule is O=C(O)N(C(=O)O)c1ncc(Br)cc1-c1nnc(-c2ccccc2)o1. The maximum absolute atomic E-state index is 11.3. The lowest BCUT2D eigenvalue weighted by molar-refractivity contribution is 0.184. The number of rotatable bonds is 3. The van der Waals surface area contributed by atoms with Crippen LogP contribution in [0.5, 0.6) is 0 Å². The minimum Gasteiger partial charge on any atom is -0.464 e. The monoisotopic (exact) mass is 404 g/mol. The molecule has 0 aliphatic heterocycles. The van der Waals surface area contributed by atoms with Crippen LogP contribution < -0.4 is 4.90 Å². The Morgan fingerprint density at radius 1 is 1.04 bits per heavy atom. The molecule has 2 aromatic heterocycles. The van der Waals surface area contributed by atoms with E-state index in [1.165, 1.54) is 12.3 Å². The van der Waals surface area contributed by atoms with Crippen LogP contribution in [-0.4, -0.2) is 37.6 Å². The standard InChI is InChI=1S/C15H9BrN4O5/c16-9-6-10(11(17-7-9)20(14(21)22)15(23)24)13-19-18-12(25-13)8-4-2-1-3-5-8/h1-7H,(H,21,22)(H,23,24). The van der Waals surface area contributed by atoms with Crippen LogP contribution in [-0.2, 0) is 0 Å². The number of hydrogen-bond acceptors (Lipinski definition) is 6. The first-order valence-electron chi connectivity index (χ1n) is 6.78. The van der Waals surface area contributed by atoms with Gasteiger partial charge in [-0.3, -0.25) is 0 Å². The van der Waals surface area contributed by atoms with Crippen LogP contribution in [0.25, 0.3) is 22.9 Å². The van der Waals surface area contributed by atoms with Crippen molar-refractivity contribution in [3.05, 3.63) is 47.1 Å². The average Bonchev–Trinajstić information content (AvgIpc) is 3.06. The highest BCUT2D eigenvalue weighted by atomic mass is 79.9. The van der Waals surface area contributed by atoms with Crippen molar-refractivity contribution in [2.45, 2.75) is 0 Å². The highest BCUT2D eigenvalue weighted by molar-refractivity contribution is 9.10. The molecule has 2 amide bonds. The van der Waals surface area contributed by atoms with Crippen LogP contribution >= 0.6 is 15.9 Å². The molecule has 0 atom stereocenters. The summed E-state index contributed by atoms with van der Waals surface area (Å²) in [6.07, 6.45) is -2.13. The molecule has 0 saturated carbocycles. The molecule has 10 heteroatoms. The van der Waals surface area contributed by atoms with Gasteiger partial charge in [0.15, 0.2) is 5.82 Å². The summed E-state index contributed by atoms with van der Waals surface area (Å²) in [6.45, 7) is 0. The predicted molar refractivity (Wildman–Crippen MR) is 89.2 cm³/mol. The highest BCUT2D eigenvalue weighted by Crippen LogP contribution is 2.32. The van der Waals surface area contributed by atoms with E-state index >= 15 is 0 Å². The Balaban J connectivity index is 2.11. The molecule has 126 valence electrons. The van der Waals surface area contributed by atoms with Gasteiger partial charge in [0.2, 0.25) is 5.89 Å². The van der Waals surface area contributed by atoms with Crippen molar-refractivity contribution in [2.75, 3.05) is 4.90 Å². The average molecular weight is 405 g/mol. The Morgan fingerprint density at radius 3 is 2.32 bits per heavy atom. The molecule has 0 saturated heterocycles. The fraction of sp³-hybridized carbons (Fsp3) is 0. The molecule has 0 aliphatic rings. The van der Waals surface area contributed by atoms with E-state index in [1.54, 1.807) is 24.3 Å². The summed E-state index contributed by atoms with van der Waals surface area (Å²) in [5.41, 5.74) is 0.730. The molecule has 2 heterocycles. The fourth-order valence-electron chi connectivity index (χ4n) is 2.06. The number of imide groups is 1. The van der Waals surface area contributed by atoms with E-state index in [2.05, 4.69) is 31.1 Å². The van der Waals surface area contributed by atoms with E-state index in [0.717, 1.165) is 0 Å². The summed E-state index contributed by atoms with van der Waals surface area (Å²) >= 11 is 3.20. The van der Waals surface area contributed by atoms with E-state index < -0.39 is 12.2 Å². The second-order valence-electron chi connectivity index (χ2n) is 4.70. The number of hydrogen-bond donors (Lipinski definition) is 2. The summed E-state index contributed by atoms with van der Waals surface area (Å²) < 4.78 is 6.05. The van der Waals surface area contributed by atoms with Crippen molar-refractivity contribution in [1.29, 1.82) is 0 Å². The van der Waals surface area contributed by atoms with Gasteiger partial charge in [-0.05, 0) is 34.1 Å². The first-order valence-corrected chi connectivity index (χ1v) is 7.57. The maximum Gasteiger partial charge on any atom is 0.422 e. The molecular formula is C15H9BrN4O5. The van der Waals surface area contributed by atoms with E-state index in [4.69, 9.17) is 14.6 Å². The Kier molecular flexibility index (Phi) is 4.44. The summed E-state index contributed by atoms with van der Waals surface area (Å²) in [5.74, 6) is -0.208. The van der Waals surface area contributed by atoms with Gasteiger partial charge < -0.3 is 14.6 Å². The molecule has 0 bridgehead atoms. The van der Waals surface area contributed by atoms with Crippen molar-refractivity contribution in [2.24, 2.45) is 0 Å². The normalized spacial score (nSPS) is 10.4. The van der Waals surface area contributed by atoms with Gasteiger partial charge in [0.1, 0.15) is 0 Å². The maximum atomic E-state index is 11.3. The first-order chi connectivity index (χ1) is 12.0. The second-order valence-corrected chi connectivity index (χ2v) is 5.62. The fourth-order valence-corrected chi connectivity index (χ4v) is 2.39. The summed E-state index contributed by atoms with van der Waals surface area (Å²) in [6, 6.07) is 10.4. The highest BCUT2D eigenvalue weighted by Gasteiger charge is 2.29. The van der Waals surface area contributed by atoms with Crippen molar-refractivity contribution in [3.63, 3.8) is 0 Å². The van der Waals surface area contributed by atoms with Gasteiger partial charge in [-0.15, -0.1) is 10.2 Å². The lowest BCUT2D eigenvalue weighted by atomic mass is 10.2. The number of anilines is 1. The third-order valence-corrected chi connectivity index (χ3v) is 3.54.